The summed E-state index contributed by atoms with van der Waals surface area (Å²) in [6.45, 7) is 1.91. The lowest BCUT2D eigenvalue weighted by Gasteiger charge is -2.09. The van der Waals surface area contributed by atoms with Gasteiger partial charge in [-0.05, 0) is 24.6 Å². The molecule has 0 aliphatic rings. The summed E-state index contributed by atoms with van der Waals surface area (Å²) < 4.78 is 0. The van der Waals surface area contributed by atoms with E-state index < -0.39 is 0 Å². The molecule has 12 heavy (non-hydrogen) atoms. The minimum Gasteiger partial charge on any atom is -0.352 e. The smallest absolute Gasteiger partial charge is 0.207 e. The summed E-state index contributed by atoms with van der Waals surface area (Å²) in [6.07, 6.45) is 0.694. The Morgan fingerprint density at radius 2 is 2.00 bits per heavy atom. The molecule has 0 aromatic heterocycles. The number of halogens is 1. The van der Waals surface area contributed by atoms with E-state index in [4.69, 9.17) is 11.6 Å². The molecule has 0 saturated heterocycles. The Kier molecular flexibility index (Phi) is 3.11. The van der Waals surface area contributed by atoms with Gasteiger partial charge in [-0.1, -0.05) is 23.7 Å². The first-order chi connectivity index (χ1) is 5.74. The van der Waals surface area contributed by atoms with Crippen molar-refractivity contribution in [1.82, 2.24) is 5.32 Å². The van der Waals surface area contributed by atoms with Crippen LogP contribution in [-0.2, 0) is 4.79 Å². The fourth-order valence-corrected chi connectivity index (χ4v) is 1.08. The zero-order valence-electron chi connectivity index (χ0n) is 6.75. The predicted molar refractivity (Wildman–Crippen MR) is 49.1 cm³/mol. The predicted octanol–water partition coefficient (Wildman–Crippen LogP) is 2.15. The highest BCUT2D eigenvalue weighted by Gasteiger charge is 2.01. The van der Waals surface area contributed by atoms with Gasteiger partial charge in [-0.3, -0.25) is 4.79 Å². The fourth-order valence-electron chi connectivity index (χ4n) is 0.950. The molecule has 0 saturated carbocycles. The number of rotatable bonds is 3. The van der Waals surface area contributed by atoms with Crippen LogP contribution >= 0.6 is 11.6 Å². The first-order valence-electron chi connectivity index (χ1n) is 3.69. The molecular formula is C9H10ClNO. The van der Waals surface area contributed by atoms with Crippen LogP contribution in [0.5, 0.6) is 0 Å². The third-order valence-corrected chi connectivity index (χ3v) is 1.94. The van der Waals surface area contributed by atoms with Gasteiger partial charge in [0.05, 0.1) is 6.04 Å². The molecule has 0 unspecified atom stereocenters. The van der Waals surface area contributed by atoms with Gasteiger partial charge in [0, 0.05) is 5.02 Å². The van der Waals surface area contributed by atoms with Crippen LogP contribution in [0.3, 0.4) is 0 Å². The number of carbonyl (C=O) groups excluding carboxylic acids is 1. The molecule has 2 nitrogen and oxygen atoms in total. The lowest BCUT2D eigenvalue weighted by atomic mass is 10.1. The second kappa shape index (κ2) is 4.12. The Bertz CT molecular complexity index is 258. The van der Waals surface area contributed by atoms with Crippen LogP contribution in [0.2, 0.25) is 5.02 Å². The monoisotopic (exact) mass is 183 g/mol. The van der Waals surface area contributed by atoms with Crippen LogP contribution in [-0.4, -0.2) is 6.41 Å². The van der Waals surface area contributed by atoms with Crippen molar-refractivity contribution in [1.29, 1.82) is 0 Å². The van der Waals surface area contributed by atoms with Crippen molar-refractivity contribution in [2.75, 3.05) is 0 Å². The number of nitrogens with one attached hydrogen (secondary N) is 1. The third kappa shape index (κ3) is 2.24. The minimum atomic E-state index is 0.0415. The molecule has 0 spiro atoms. The van der Waals surface area contributed by atoms with Gasteiger partial charge in [-0.2, -0.15) is 0 Å². The largest absolute Gasteiger partial charge is 0.352 e. The maximum atomic E-state index is 10.1. The van der Waals surface area contributed by atoms with E-state index in [1.165, 1.54) is 0 Å². The number of hydrogen-bond donors (Lipinski definition) is 1. The molecule has 1 rings (SSSR count). The van der Waals surface area contributed by atoms with Crippen LogP contribution in [0.1, 0.15) is 18.5 Å². The Morgan fingerprint density at radius 1 is 1.42 bits per heavy atom. The molecule has 0 fully saturated rings. The van der Waals surface area contributed by atoms with Crippen LogP contribution in [0, 0.1) is 0 Å². The van der Waals surface area contributed by atoms with E-state index in [1.807, 2.05) is 19.1 Å². The molecule has 0 aliphatic carbocycles. The zero-order chi connectivity index (χ0) is 8.97. The Hall–Kier alpha value is -1.02. The van der Waals surface area contributed by atoms with Gasteiger partial charge in [-0.25, -0.2) is 0 Å². The molecule has 0 heterocycles. The SMILES string of the molecule is C[C@H](NC=O)c1ccc(Cl)cc1. The summed E-state index contributed by atoms with van der Waals surface area (Å²) >= 11 is 5.70. The normalized spacial score (nSPS) is 12.2. The number of amides is 1. The van der Waals surface area contributed by atoms with Crippen molar-refractivity contribution in [2.24, 2.45) is 0 Å². The summed E-state index contributed by atoms with van der Waals surface area (Å²) in [6, 6.07) is 7.44. The highest BCUT2D eigenvalue weighted by Crippen LogP contribution is 2.15. The minimum absolute atomic E-state index is 0.0415. The van der Waals surface area contributed by atoms with Crippen LogP contribution in [0.25, 0.3) is 0 Å². The van der Waals surface area contributed by atoms with E-state index in [0.29, 0.717) is 11.4 Å². The molecule has 1 aromatic carbocycles. The van der Waals surface area contributed by atoms with E-state index in [9.17, 15) is 4.79 Å². The van der Waals surface area contributed by atoms with E-state index in [2.05, 4.69) is 5.32 Å². The summed E-state index contributed by atoms with van der Waals surface area (Å²) in [7, 11) is 0. The maximum absolute atomic E-state index is 10.1. The Morgan fingerprint density at radius 3 is 2.50 bits per heavy atom. The van der Waals surface area contributed by atoms with E-state index in [0.717, 1.165) is 5.56 Å². The fraction of sp³-hybridized carbons (Fsp3) is 0.222. The van der Waals surface area contributed by atoms with Crippen LogP contribution in [0.15, 0.2) is 24.3 Å². The lowest BCUT2D eigenvalue weighted by molar-refractivity contribution is -0.110. The molecule has 1 aromatic rings. The highest BCUT2D eigenvalue weighted by atomic mass is 35.5. The first-order valence-corrected chi connectivity index (χ1v) is 4.07. The van der Waals surface area contributed by atoms with Crippen molar-refractivity contribution in [3.8, 4) is 0 Å². The quantitative estimate of drug-likeness (QED) is 0.715. The number of benzene rings is 1. The van der Waals surface area contributed by atoms with E-state index in [-0.39, 0.29) is 6.04 Å². The molecule has 1 amide bonds. The molecule has 3 heteroatoms. The Balaban J connectivity index is 2.74. The molecule has 0 aliphatic heterocycles. The number of hydrogen-bond acceptors (Lipinski definition) is 1. The Labute approximate surface area is 76.5 Å². The van der Waals surface area contributed by atoms with Crippen LogP contribution < -0.4 is 5.32 Å². The van der Waals surface area contributed by atoms with Gasteiger partial charge in [0.1, 0.15) is 0 Å². The highest BCUT2D eigenvalue weighted by molar-refractivity contribution is 6.30. The van der Waals surface area contributed by atoms with Gasteiger partial charge < -0.3 is 5.32 Å². The van der Waals surface area contributed by atoms with Crippen molar-refractivity contribution < 1.29 is 4.79 Å². The van der Waals surface area contributed by atoms with Gasteiger partial charge >= 0.3 is 0 Å². The topological polar surface area (TPSA) is 29.1 Å². The van der Waals surface area contributed by atoms with Crippen molar-refractivity contribution in [2.45, 2.75) is 13.0 Å². The summed E-state index contributed by atoms with van der Waals surface area (Å²) in [5.41, 5.74) is 1.05. The summed E-state index contributed by atoms with van der Waals surface area (Å²) in [5, 5.41) is 3.36. The second-order valence-corrected chi connectivity index (χ2v) is 2.99. The number of carbonyl (C=O) groups is 1. The van der Waals surface area contributed by atoms with Crippen LogP contribution in [0.4, 0.5) is 0 Å². The standard InChI is InChI=1S/C9H10ClNO/c1-7(11-6-12)8-2-4-9(10)5-3-8/h2-7H,1H3,(H,11,12)/t7-/m0/s1. The molecule has 1 atom stereocenters. The molecule has 0 bridgehead atoms. The molecule has 1 N–H and O–H groups in total. The van der Waals surface area contributed by atoms with Gasteiger partial charge in [0.2, 0.25) is 6.41 Å². The lowest BCUT2D eigenvalue weighted by Crippen LogP contribution is -2.15. The van der Waals surface area contributed by atoms with Crippen molar-refractivity contribution in [3.05, 3.63) is 34.9 Å². The molecular weight excluding hydrogens is 174 g/mol. The third-order valence-electron chi connectivity index (χ3n) is 1.69. The molecule has 64 valence electrons. The zero-order valence-corrected chi connectivity index (χ0v) is 7.51. The van der Waals surface area contributed by atoms with E-state index >= 15 is 0 Å². The van der Waals surface area contributed by atoms with Gasteiger partial charge in [0.25, 0.3) is 0 Å². The van der Waals surface area contributed by atoms with Gasteiger partial charge in [-0.15, -0.1) is 0 Å². The average molecular weight is 184 g/mol. The maximum Gasteiger partial charge on any atom is 0.207 e. The average Bonchev–Trinajstić information content (AvgIpc) is 2.06. The van der Waals surface area contributed by atoms with E-state index in [1.54, 1.807) is 12.1 Å². The molecule has 0 radical (unpaired) electrons. The summed E-state index contributed by atoms with van der Waals surface area (Å²) in [4.78, 5) is 10.1. The second-order valence-electron chi connectivity index (χ2n) is 2.56. The van der Waals surface area contributed by atoms with Crippen molar-refractivity contribution in [3.63, 3.8) is 0 Å². The first kappa shape index (κ1) is 9.07. The van der Waals surface area contributed by atoms with Crippen molar-refractivity contribution >= 4 is 18.0 Å². The summed E-state index contributed by atoms with van der Waals surface area (Å²) in [5.74, 6) is 0. The van der Waals surface area contributed by atoms with Gasteiger partial charge in [0.15, 0.2) is 0 Å².